The molecule has 9 aliphatic rings. The van der Waals surface area contributed by atoms with Crippen LogP contribution in [0.1, 0.15) is 65.9 Å². The minimum absolute atomic E-state index is 0.0138. The minimum Gasteiger partial charge on any atom is -0.463 e. The molecule has 100 heavy (non-hydrogen) atoms. The molecule has 5 aromatic rings. The fraction of sp³-hybridized carbons (Fsp3) is 0.256. The van der Waals surface area contributed by atoms with Crippen LogP contribution in [-0.4, -0.2) is 81.7 Å². The van der Waals surface area contributed by atoms with Crippen LogP contribution in [0.2, 0.25) is 0 Å². The van der Waals surface area contributed by atoms with Crippen LogP contribution in [-0.2, 0) is 89.2 Å². The molecular weight excluding hydrogens is 1310 g/mol. The van der Waals surface area contributed by atoms with Gasteiger partial charge in [0.1, 0.15) is 90.3 Å². The molecule has 4 aliphatic heterocycles. The van der Waals surface area contributed by atoms with Crippen molar-refractivity contribution in [1.29, 1.82) is 21.0 Å². The molecule has 1 N–H and O–H groups in total. The number of nitrogens with zero attached hydrogens (tertiary/aromatic N) is 7. The van der Waals surface area contributed by atoms with Gasteiger partial charge in [0.15, 0.2) is 0 Å². The molecule has 3 saturated heterocycles. The van der Waals surface area contributed by atoms with Gasteiger partial charge in [-0.15, -0.1) is 11.8 Å². The van der Waals surface area contributed by atoms with Crippen LogP contribution in [0.15, 0.2) is 242 Å². The zero-order chi connectivity index (χ0) is 69.2. The summed E-state index contributed by atoms with van der Waals surface area (Å²) in [6, 6.07) is 42.2. The maximum atomic E-state index is 15.6. The van der Waals surface area contributed by atoms with Crippen molar-refractivity contribution in [3.63, 3.8) is 0 Å². The number of hydrogen-bond donors (Lipinski definition) is 1. The van der Waals surface area contributed by atoms with Crippen LogP contribution in [0, 0.1) is 69.0 Å². The van der Waals surface area contributed by atoms with Gasteiger partial charge in [0.05, 0.1) is 35.1 Å². The Labute approximate surface area is 583 Å². The highest BCUT2D eigenvalue weighted by Gasteiger charge is 2.68. The van der Waals surface area contributed by atoms with Gasteiger partial charge in [-0.2, -0.15) is 21.0 Å². The van der Waals surface area contributed by atoms with E-state index in [0.717, 1.165) is 28.7 Å². The summed E-state index contributed by atoms with van der Waals surface area (Å²) in [4.78, 5) is 92.3. The fourth-order valence-electron chi connectivity index (χ4n) is 13.7. The number of hydrogen-bond acceptors (Lipinski definition) is 22. The summed E-state index contributed by atoms with van der Waals surface area (Å²) in [6.07, 6.45) is 16.4. The van der Waals surface area contributed by atoms with Gasteiger partial charge >= 0.3 is 35.1 Å². The Bertz CT molecular complexity index is 4710. The van der Waals surface area contributed by atoms with Crippen molar-refractivity contribution in [2.24, 2.45) is 33.7 Å². The number of nitriles is 4. The van der Waals surface area contributed by atoms with E-state index in [9.17, 15) is 25.8 Å². The highest BCUT2D eigenvalue weighted by molar-refractivity contribution is 8.01. The normalized spacial score (nSPS) is 24.0. The summed E-state index contributed by atoms with van der Waals surface area (Å²) < 4.78 is 44.8. The highest BCUT2D eigenvalue weighted by Crippen LogP contribution is 2.56. The number of carbonyl (C=O) groups excluding carboxylic acids is 5. The molecule has 0 amide bonds. The van der Waals surface area contributed by atoms with E-state index >= 15 is 19.2 Å². The van der Waals surface area contributed by atoms with Gasteiger partial charge in [-0.05, 0) is 77.7 Å². The molecule has 1 aromatic heterocycles. The van der Waals surface area contributed by atoms with Gasteiger partial charge in [-0.1, -0.05) is 182 Å². The number of thiazole rings is 1. The molecule has 1 saturated carbocycles. The standard InChI is InChI=1S/C78H60N8O12S2/c1-44-23-27-56-57(28-24-44)66(87)65(64(56)54(36-81)37-82)84-76-86-70-68(100-76)59-31-51-32-61-58(30-50(51)33-62(59)98-78(70,73(90)95-40-48-19-11-5-12-20-48)74(91)96-41-49-21-13-6-14-22-49)67-69(85-75(99-67)83-60-43-92-42-52-29-45(2)25-26-55(52)63(60)53(34-79)35-80)77(97-61,71(88)93-38-46-15-7-3-8-16-46)72(89)94-39-47-17-9-4-10-18-47/h3-22,25-28,30-33,44,50-52,68,70,76,86H,23-24,29,38-43H2,1-2H3. The number of nitrogens with one attached hydrogen (secondary N) is 1. The summed E-state index contributed by atoms with van der Waals surface area (Å²) in [7, 11) is 0. The zero-order valence-electron chi connectivity index (χ0n) is 53.9. The summed E-state index contributed by atoms with van der Waals surface area (Å²) in [5.74, 6) is -6.35. The van der Waals surface area contributed by atoms with Crippen LogP contribution in [0.3, 0.4) is 0 Å². The smallest absolute Gasteiger partial charge is 0.369 e. The molecule has 0 spiro atoms. The maximum Gasteiger partial charge on any atom is 0.369 e. The van der Waals surface area contributed by atoms with E-state index in [2.05, 4.69) is 17.5 Å². The first-order valence-electron chi connectivity index (χ1n) is 32.4. The number of aliphatic imine (C=N–C) groups is 2. The van der Waals surface area contributed by atoms with Crippen LogP contribution in [0.25, 0.3) is 5.57 Å². The van der Waals surface area contributed by atoms with Crippen molar-refractivity contribution in [1.82, 2.24) is 10.3 Å². The Hall–Kier alpha value is -11.4. The number of ketones is 1. The van der Waals surface area contributed by atoms with Crippen LogP contribution in [0.5, 0.6) is 0 Å². The number of allylic oxidation sites excluding steroid dienone is 16. The number of Topliss-reactive ketones (excluding diaryl/α,β-unsaturated/α-hetero) is 1. The van der Waals surface area contributed by atoms with E-state index in [1.165, 1.54) is 0 Å². The van der Waals surface area contributed by atoms with E-state index < -0.39 is 69.5 Å². The van der Waals surface area contributed by atoms with Gasteiger partial charge in [-0.3, -0.25) is 15.1 Å². The van der Waals surface area contributed by atoms with Crippen molar-refractivity contribution in [3.05, 3.63) is 264 Å². The highest BCUT2D eigenvalue weighted by atomic mass is 32.2. The van der Waals surface area contributed by atoms with Crippen molar-refractivity contribution >= 4 is 74.9 Å². The predicted molar refractivity (Wildman–Crippen MR) is 366 cm³/mol. The molecule has 22 heteroatoms. The van der Waals surface area contributed by atoms with Crippen molar-refractivity contribution in [3.8, 4) is 24.3 Å². The second-order valence-electron chi connectivity index (χ2n) is 25.2. The average molecular weight is 1370 g/mol. The molecule has 5 heterocycles. The summed E-state index contributed by atoms with van der Waals surface area (Å²) >= 11 is 2.15. The first-order chi connectivity index (χ1) is 48.7. The SMILES string of the molecule is CC1=CC=C2C(=C(C#N)C#N)C(=Nc3nc4c(s3)C3=CC5C=C6OC(C(=O)OCc7ccccc7)(C(=O)OCc7ccccc7)C7NC(N=C8C(=O)C9=CCC(C)CC=C9C8=C(C#N)C#N)SC7C6=CC5C=C3OC4(C(=O)OCc3ccccc3)C(=O)OCc3ccccc3)COCC2C1. The Morgan fingerprint density at radius 3 is 1.74 bits per heavy atom. The number of rotatable bonds is 14. The van der Waals surface area contributed by atoms with Crippen molar-refractivity contribution < 1.29 is 57.1 Å². The monoisotopic (exact) mass is 1360 g/mol. The largest absolute Gasteiger partial charge is 0.463 e. The van der Waals surface area contributed by atoms with E-state index in [1.807, 2.05) is 80.6 Å². The van der Waals surface area contributed by atoms with Crippen molar-refractivity contribution in [2.45, 2.75) is 87.5 Å². The third kappa shape index (κ3) is 12.3. The Kier molecular flexibility index (Phi) is 18.4. The van der Waals surface area contributed by atoms with Gasteiger partial charge < -0.3 is 33.2 Å². The molecule has 4 fully saturated rings. The van der Waals surface area contributed by atoms with Crippen molar-refractivity contribution in [2.75, 3.05) is 13.2 Å². The second kappa shape index (κ2) is 27.9. The Morgan fingerprint density at radius 1 is 0.640 bits per heavy atom. The summed E-state index contributed by atoms with van der Waals surface area (Å²) in [5, 5.41) is 44.2. The van der Waals surface area contributed by atoms with E-state index in [4.69, 9.17) is 48.1 Å². The van der Waals surface area contributed by atoms with Gasteiger partial charge in [0.2, 0.25) is 10.9 Å². The van der Waals surface area contributed by atoms with Gasteiger partial charge in [-0.25, -0.2) is 29.2 Å². The molecule has 20 nitrogen and oxygen atoms in total. The number of ether oxygens (including phenoxy) is 7. The molecule has 0 bridgehead atoms. The van der Waals surface area contributed by atoms with Crippen LogP contribution >= 0.6 is 23.1 Å². The van der Waals surface area contributed by atoms with E-state index in [1.54, 1.807) is 115 Å². The lowest BCUT2D eigenvalue weighted by molar-refractivity contribution is -0.194. The number of fused-ring (bicyclic) bond motifs is 9. The first kappa shape index (κ1) is 65.9. The third-order valence-electron chi connectivity index (χ3n) is 18.6. The first-order valence-corrected chi connectivity index (χ1v) is 34.2. The molecule has 0 radical (unpaired) electrons. The summed E-state index contributed by atoms with van der Waals surface area (Å²) in [6.45, 7) is 3.00. The predicted octanol–water partition coefficient (Wildman–Crippen LogP) is 11.8. The molecule has 7 unspecified atom stereocenters. The third-order valence-corrected chi connectivity index (χ3v) is 20.9. The molecule has 4 aromatic carbocycles. The van der Waals surface area contributed by atoms with Crippen LogP contribution < -0.4 is 5.32 Å². The number of carbonyl (C=O) groups is 5. The molecule has 5 aliphatic carbocycles. The molecular formula is C78H60N8O12S2. The average Bonchev–Trinajstić information content (AvgIpc) is 1.35. The quantitative estimate of drug-likeness (QED) is 0.0467. The lowest BCUT2D eigenvalue weighted by Gasteiger charge is -2.45. The van der Waals surface area contributed by atoms with Crippen LogP contribution in [0.4, 0.5) is 5.13 Å². The lowest BCUT2D eigenvalue weighted by Crippen LogP contribution is -2.67. The zero-order valence-corrected chi connectivity index (χ0v) is 55.6. The maximum absolute atomic E-state index is 15.6. The molecule has 7 atom stereocenters. The second-order valence-corrected chi connectivity index (χ2v) is 27.4. The fourth-order valence-corrected chi connectivity index (χ4v) is 16.1. The minimum atomic E-state index is -2.77. The number of esters is 4. The molecule has 14 rings (SSSR count). The van der Waals surface area contributed by atoms with Gasteiger partial charge in [0.25, 0.3) is 0 Å². The molecule has 496 valence electrons. The number of benzene rings is 4. The summed E-state index contributed by atoms with van der Waals surface area (Å²) in [5.41, 5.74) is -1.21. The van der Waals surface area contributed by atoms with E-state index in [-0.39, 0.29) is 112 Å². The number of aromatic nitrogens is 1. The van der Waals surface area contributed by atoms with E-state index in [0.29, 0.717) is 69.4 Å². The Balaban J connectivity index is 0.928. The lowest BCUT2D eigenvalue weighted by atomic mass is 9.74. The Morgan fingerprint density at radius 2 is 1.17 bits per heavy atom. The topological polar surface area (TPSA) is 295 Å². The number of thioether (sulfide) groups is 1. The van der Waals surface area contributed by atoms with Gasteiger partial charge in [0, 0.05) is 45.6 Å².